The maximum absolute atomic E-state index is 5.49. The minimum atomic E-state index is -0.132. The summed E-state index contributed by atoms with van der Waals surface area (Å²) in [5.74, 6) is 0. The lowest BCUT2D eigenvalue weighted by Gasteiger charge is -2.35. The normalized spacial score (nSPS) is 25.9. The monoisotopic (exact) mass is 192 g/mol. The summed E-state index contributed by atoms with van der Waals surface area (Å²) in [4.78, 5) is 0. The van der Waals surface area contributed by atoms with Crippen molar-refractivity contribution in [1.29, 1.82) is 0 Å². The van der Waals surface area contributed by atoms with E-state index in [4.69, 9.17) is 9.47 Å². The molecule has 2 heteroatoms. The van der Waals surface area contributed by atoms with Crippen molar-refractivity contribution >= 4 is 0 Å². The third-order valence-electron chi connectivity index (χ3n) is 2.46. The zero-order valence-corrected chi connectivity index (χ0v) is 8.69. The summed E-state index contributed by atoms with van der Waals surface area (Å²) in [6, 6.07) is 8.33. The number of benzene rings is 1. The lowest BCUT2D eigenvalue weighted by Crippen LogP contribution is -2.32. The van der Waals surface area contributed by atoms with Crippen LogP contribution in [0.1, 0.15) is 37.7 Å². The second kappa shape index (κ2) is 4.11. The number of aryl methyl sites for hydroxylation is 1. The summed E-state index contributed by atoms with van der Waals surface area (Å²) in [7, 11) is 0. The molecule has 0 bridgehead atoms. The van der Waals surface area contributed by atoms with Crippen molar-refractivity contribution in [1.82, 2.24) is 0 Å². The van der Waals surface area contributed by atoms with E-state index in [-0.39, 0.29) is 12.6 Å². The van der Waals surface area contributed by atoms with Crippen LogP contribution in [-0.4, -0.2) is 6.29 Å². The van der Waals surface area contributed by atoms with E-state index in [2.05, 4.69) is 25.1 Å². The van der Waals surface area contributed by atoms with Gasteiger partial charge in [0.05, 0.1) is 0 Å². The zero-order chi connectivity index (χ0) is 9.97. The maximum atomic E-state index is 5.49. The molecule has 0 N–H and O–H groups in total. The largest absolute Gasteiger partial charge is 0.320 e. The first kappa shape index (κ1) is 9.69. The van der Waals surface area contributed by atoms with Gasteiger partial charge in [-0.05, 0) is 18.9 Å². The zero-order valence-electron chi connectivity index (χ0n) is 8.69. The Hall–Kier alpha value is -0.860. The maximum Gasteiger partial charge on any atom is 0.190 e. The average Bonchev–Trinajstić information content (AvgIpc) is 2.15. The van der Waals surface area contributed by atoms with E-state index in [9.17, 15) is 0 Å². The van der Waals surface area contributed by atoms with E-state index < -0.39 is 0 Å². The van der Waals surface area contributed by atoms with Gasteiger partial charge in [-0.3, -0.25) is 0 Å². The molecule has 0 unspecified atom stereocenters. The Balaban J connectivity index is 2.15. The highest BCUT2D eigenvalue weighted by Gasteiger charge is 2.29. The van der Waals surface area contributed by atoms with Crippen LogP contribution in [0.15, 0.2) is 24.3 Å². The molecule has 2 nitrogen and oxygen atoms in total. The second-order valence-corrected chi connectivity index (χ2v) is 3.62. The molecule has 14 heavy (non-hydrogen) atoms. The van der Waals surface area contributed by atoms with Crippen molar-refractivity contribution in [3.05, 3.63) is 35.4 Å². The van der Waals surface area contributed by atoms with Crippen LogP contribution in [0.3, 0.4) is 0 Å². The molecule has 0 amide bonds. The lowest BCUT2D eigenvalue weighted by atomic mass is 10.0. The molecule has 0 spiro atoms. The Labute approximate surface area is 84.8 Å². The van der Waals surface area contributed by atoms with Gasteiger partial charge in [0.25, 0.3) is 0 Å². The standard InChI is InChI=1S/C12H16O2/c1-3-6-10-7-4-5-8-11(10)12-13-9(2)14-12/h4-5,7-9,12H,3,6H2,1-2H3. The van der Waals surface area contributed by atoms with Crippen LogP contribution in [0, 0.1) is 0 Å². The fourth-order valence-electron chi connectivity index (χ4n) is 1.77. The summed E-state index contributed by atoms with van der Waals surface area (Å²) >= 11 is 0. The lowest BCUT2D eigenvalue weighted by molar-refractivity contribution is -0.382. The molecule has 1 fully saturated rings. The fourth-order valence-corrected chi connectivity index (χ4v) is 1.77. The number of hydrogen-bond donors (Lipinski definition) is 0. The minimum absolute atomic E-state index is 0.0466. The van der Waals surface area contributed by atoms with Gasteiger partial charge in [0, 0.05) is 5.56 Å². The SMILES string of the molecule is CCCc1ccccc1C1OC(C)O1. The van der Waals surface area contributed by atoms with E-state index in [1.165, 1.54) is 11.1 Å². The summed E-state index contributed by atoms with van der Waals surface area (Å²) in [5, 5.41) is 0. The van der Waals surface area contributed by atoms with Crippen LogP contribution in [0.2, 0.25) is 0 Å². The molecule has 1 aromatic carbocycles. The molecule has 1 aliphatic heterocycles. The van der Waals surface area contributed by atoms with Gasteiger partial charge >= 0.3 is 0 Å². The van der Waals surface area contributed by atoms with E-state index in [0.717, 1.165) is 12.8 Å². The van der Waals surface area contributed by atoms with Crippen LogP contribution in [0.25, 0.3) is 0 Å². The van der Waals surface area contributed by atoms with Crippen molar-refractivity contribution < 1.29 is 9.47 Å². The number of hydrogen-bond acceptors (Lipinski definition) is 2. The molecule has 0 aliphatic carbocycles. The Bertz CT molecular complexity index is 303. The highest BCUT2D eigenvalue weighted by molar-refractivity contribution is 5.28. The van der Waals surface area contributed by atoms with Crippen LogP contribution >= 0.6 is 0 Å². The predicted octanol–water partition coefficient (Wildman–Crippen LogP) is 3.03. The van der Waals surface area contributed by atoms with Gasteiger partial charge < -0.3 is 9.47 Å². The van der Waals surface area contributed by atoms with Crippen molar-refractivity contribution in [2.75, 3.05) is 0 Å². The molecule has 0 aromatic heterocycles. The first-order valence-corrected chi connectivity index (χ1v) is 5.20. The van der Waals surface area contributed by atoms with Gasteiger partial charge in [-0.2, -0.15) is 0 Å². The first-order chi connectivity index (χ1) is 6.81. The third kappa shape index (κ3) is 1.81. The fraction of sp³-hybridized carbons (Fsp3) is 0.500. The topological polar surface area (TPSA) is 18.5 Å². The summed E-state index contributed by atoms with van der Waals surface area (Å²) in [6.45, 7) is 4.10. The predicted molar refractivity (Wildman–Crippen MR) is 54.8 cm³/mol. The summed E-state index contributed by atoms with van der Waals surface area (Å²) in [6.07, 6.45) is 2.06. The Morgan fingerprint density at radius 3 is 2.57 bits per heavy atom. The second-order valence-electron chi connectivity index (χ2n) is 3.62. The summed E-state index contributed by atoms with van der Waals surface area (Å²) < 4.78 is 11.0. The molecular weight excluding hydrogens is 176 g/mol. The Morgan fingerprint density at radius 2 is 1.93 bits per heavy atom. The Kier molecular flexibility index (Phi) is 2.85. The molecule has 0 atom stereocenters. The molecule has 76 valence electrons. The highest BCUT2D eigenvalue weighted by Crippen LogP contribution is 2.33. The van der Waals surface area contributed by atoms with Crippen LogP contribution in [-0.2, 0) is 15.9 Å². The van der Waals surface area contributed by atoms with Gasteiger partial charge in [-0.15, -0.1) is 0 Å². The van der Waals surface area contributed by atoms with Gasteiger partial charge in [0.2, 0.25) is 0 Å². The molecule has 0 saturated carbocycles. The van der Waals surface area contributed by atoms with E-state index in [0.29, 0.717) is 0 Å². The highest BCUT2D eigenvalue weighted by atomic mass is 16.9. The van der Waals surface area contributed by atoms with Crippen molar-refractivity contribution in [3.63, 3.8) is 0 Å². The van der Waals surface area contributed by atoms with Crippen LogP contribution < -0.4 is 0 Å². The van der Waals surface area contributed by atoms with Gasteiger partial charge in [-0.25, -0.2) is 0 Å². The smallest absolute Gasteiger partial charge is 0.190 e. The van der Waals surface area contributed by atoms with E-state index >= 15 is 0 Å². The Morgan fingerprint density at radius 1 is 1.21 bits per heavy atom. The van der Waals surface area contributed by atoms with Crippen molar-refractivity contribution in [2.24, 2.45) is 0 Å². The molecule has 0 radical (unpaired) electrons. The van der Waals surface area contributed by atoms with Crippen LogP contribution in [0.5, 0.6) is 0 Å². The molecule has 1 aliphatic rings. The quantitative estimate of drug-likeness (QED) is 0.732. The summed E-state index contributed by atoms with van der Waals surface area (Å²) in [5.41, 5.74) is 2.53. The van der Waals surface area contributed by atoms with E-state index in [1.807, 2.05) is 13.0 Å². The molecule has 1 heterocycles. The van der Waals surface area contributed by atoms with Gasteiger partial charge in [0.15, 0.2) is 12.6 Å². The number of ether oxygens (including phenoxy) is 2. The molecule has 1 saturated heterocycles. The third-order valence-corrected chi connectivity index (χ3v) is 2.46. The molecular formula is C12H16O2. The minimum Gasteiger partial charge on any atom is -0.320 e. The van der Waals surface area contributed by atoms with E-state index in [1.54, 1.807) is 0 Å². The molecule has 2 rings (SSSR count). The van der Waals surface area contributed by atoms with Gasteiger partial charge in [0.1, 0.15) is 0 Å². The van der Waals surface area contributed by atoms with Crippen molar-refractivity contribution in [2.45, 2.75) is 39.3 Å². The average molecular weight is 192 g/mol. The van der Waals surface area contributed by atoms with Gasteiger partial charge in [-0.1, -0.05) is 37.6 Å². The number of rotatable bonds is 3. The molecule has 1 aromatic rings. The van der Waals surface area contributed by atoms with Crippen LogP contribution in [0.4, 0.5) is 0 Å². The first-order valence-electron chi connectivity index (χ1n) is 5.20. The van der Waals surface area contributed by atoms with Crippen molar-refractivity contribution in [3.8, 4) is 0 Å².